The van der Waals surface area contributed by atoms with Crippen molar-refractivity contribution in [2.75, 3.05) is 0 Å². The molecule has 1 aliphatic carbocycles. The molecular weight excluding hydrogens is 328 g/mol. The summed E-state index contributed by atoms with van der Waals surface area (Å²) in [6, 6.07) is 26.1. The van der Waals surface area contributed by atoms with Crippen LogP contribution in [-0.2, 0) is 11.2 Å². The molecule has 0 heterocycles. The van der Waals surface area contributed by atoms with Gasteiger partial charge in [-0.15, -0.1) is 0 Å². The van der Waals surface area contributed by atoms with Crippen LogP contribution in [0.15, 0.2) is 72.8 Å². The minimum absolute atomic E-state index is 0.0744. The summed E-state index contributed by atoms with van der Waals surface area (Å²) in [5, 5.41) is 5.02. The Balaban J connectivity index is 1.65. The fraction of sp³-hybridized carbons (Fsp3) is 0.192. The lowest BCUT2D eigenvalue weighted by molar-refractivity contribution is -0.111. The van der Waals surface area contributed by atoms with Crippen LogP contribution < -0.4 is 0 Å². The quantitative estimate of drug-likeness (QED) is 0.430. The summed E-state index contributed by atoms with van der Waals surface area (Å²) in [6.07, 6.45) is 0.868. The highest BCUT2D eigenvalue weighted by Crippen LogP contribution is 2.45. The van der Waals surface area contributed by atoms with Crippen molar-refractivity contribution in [3.05, 3.63) is 95.1 Å². The normalized spacial score (nSPS) is 19.0. The molecule has 0 aromatic heterocycles. The molecular formula is C26H22O. The van der Waals surface area contributed by atoms with Gasteiger partial charge in [0.15, 0.2) is 0 Å². The number of Topliss-reactive ketones (excluding diaryl/α,β-unsaturated/α-hetero) is 1. The van der Waals surface area contributed by atoms with Gasteiger partial charge in [0, 0.05) is 5.92 Å². The van der Waals surface area contributed by atoms with Crippen LogP contribution in [0.4, 0.5) is 0 Å². The first kappa shape index (κ1) is 16.3. The number of aryl methyl sites for hydroxylation is 1. The third kappa shape index (κ3) is 2.75. The van der Waals surface area contributed by atoms with Gasteiger partial charge in [-0.05, 0) is 57.1 Å². The van der Waals surface area contributed by atoms with E-state index in [0.717, 1.165) is 6.42 Å². The van der Waals surface area contributed by atoms with Crippen LogP contribution in [0.25, 0.3) is 21.5 Å². The van der Waals surface area contributed by atoms with Crippen molar-refractivity contribution < 1.29 is 4.79 Å². The molecule has 0 amide bonds. The largest absolute Gasteiger partial charge is 0.299 e. The molecule has 0 bridgehead atoms. The Morgan fingerprint density at radius 2 is 1.22 bits per heavy atom. The minimum Gasteiger partial charge on any atom is -0.299 e. The van der Waals surface area contributed by atoms with Gasteiger partial charge >= 0.3 is 0 Å². The fourth-order valence-electron chi connectivity index (χ4n) is 4.33. The summed E-state index contributed by atoms with van der Waals surface area (Å²) < 4.78 is 0. The number of hydrogen-bond donors (Lipinski definition) is 0. The van der Waals surface area contributed by atoms with Crippen LogP contribution in [0.5, 0.6) is 0 Å². The Hall–Kier alpha value is -2.93. The Morgan fingerprint density at radius 3 is 1.78 bits per heavy atom. The van der Waals surface area contributed by atoms with Gasteiger partial charge in [0.05, 0.1) is 5.92 Å². The molecule has 132 valence electrons. The fourth-order valence-corrected chi connectivity index (χ4v) is 4.33. The van der Waals surface area contributed by atoms with Crippen molar-refractivity contribution in [2.45, 2.75) is 26.2 Å². The molecule has 2 atom stereocenters. The molecule has 1 fully saturated rings. The molecule has 4 aromatic rings. The molecule has 1 nitrogen and oxygen atoms in total. The Bertz CT molecular complexity index is 1200. The first-order valence-electron chi connectivity index (χ1n) is 9.65. The maximum atomic E-state index is 12.2. The maximum absolute atomic E-state index is 12.2. The first-order chi connectivity index (χ1) is 13.1. The second-order valence-corrected chi connectivity index (χ2v) is 7.87. The molecule has 1 saturated carbocycles. The monoisotopic (exact) mass is 350 g/mol. The molecule has 1 heteroatoms. The zero-order valence-corrected chi connectivity index (χ0v) is 15.7. The molecule has 0 N–H and O–H groups in total. The Labute approximate surface area is 159 Å². The van der Waals surface area contributed by atoms with E-state index in [-0.39, 0.29) is 11.8 Å². The zero-order chi connectivity index (χ0) is 18.5. The number of carbonyl (C=O) groups is 1. The summed E-state index contributed by atoms with van der Waals surface area (Å²) in [5.74, 6) is 0.606. The van der Waals surface area contributed by atoms with Crippen LogP contribution in [0, 0.1) is 12.8 Å². The van der Waals surface area contributed by atoms with Gasteiger partial charge in [-0.1, -0.05) is 79.7 Å². The number of rotatable bonds is 3. The van der Waals surface area contributed by atoms with E-state index in [4.69, 9.17) is 0 Å². The van der Waals surface area contributed by atoms with E-state index in [9.17, 15) is 4.79 Å². The van der Waals surface area contributed by atoms with E-state index in [1.165, 1.54) is 43.8 Å². The maximum Gasteiger partial charge on any atom is 0.144 e. The van der Waals surface area contributed by atoms with Gasteiger partial charge < -0.3 is 0 Å². The molecule has 0 spiro atoms. The summed E-state index contributed by atoms with van der Waals surface area (Å²) in [6.45, 7) is 4.24. The van der Waals surface area contributed by atoms with Gasteiger partial charge in [0.2, 0.25) is 0 Å². The smallest absolute Gasteiger partial charge is 0.144 e. The second-order valence-electron chi connectivity index (χ2n) is 7.87. The number of benzene rings is 4. The second kappa shape index (κ2) is 6.06. The Kier molecular flexibility index (Phi) is 3.65. The Morgan fingerprint density at radius 1 is 0.741 bits per heavy atom. The predicted molar refractivity (Wildman–Crippen MR) is 112 cm³/mol. The van der Waals surface area contributed by atoms with Crippen molar-refractivity contribution in [1.29, 1.82) is 0 Å². The van der Waals surface area contributed by atoms with Gasteiger partial charge in [-0.3, -0.25) is 4.79 Å². The highest BCUT2D eigenvalue weighted by Gasteiger charge is 2.47. The van der Waals surface area contributed by atoms with Crippen LogP contribution in [0.1, 0.15) is 35.1 Å². The molecule has 1 aliphatic rings. The van der Waals surface area contributed by atoms with E-state index in [1.807, 2.05) is 6.92 Å². The highest BCUT2D eigenvalue weighted by molar-refractivity contribution is 6.05. The van der Waals surface area contributed by atoms with E-state index < -0.39 is 0 Å². The summed E-state index contributed by atoms with van der Waals surface area (Å²) in [7, 11) is 0. The van der Waals surface area contributed by atoms with E-state index in [1.54, 1.807) is 0 Å². The summed E-state index contributed by atoms with van der Waals surface area (Å²) in [4.78, 5) is 12.2. The number of carbonyl (C=O) groups excluding carboxylic acids is 1. The molecule has 0 aliphatic heterocycles. The molecule has 0 radical (unpaired) electrons. The van der Waals surface area contributed by atoms with Crippen LogP contribution in [0.2, 0.25) is 0 Å². The van der Waals surface area contributed by atoms with Crippen molar-refractivity contribution in [3.8, 4) is 0 Å². The standard InChI is InChI=1S/C26H22O/c1-16-11-18-7-3-4-8-19(18)12-22(16)14-23-13-20-9-5-6-10-21(20)15-24(23)25-17(2)26(25)27/h3-13,15,17,25H,14H2,1-2H3. The SMILES string of the molecule is Cc1cc2ccccc2cc1Cc1cc2ccccc2cc1C1C(=O)C1C. The average molecular weight is 350 g/mol. The van der Waals surface area contributed by atoms with Crippen molar-refractivity contribution in [1.82, 2.24) is 0 Å². The van der Waals surface area contributed by atoms with Crippen molar-refractivity contribution in [3.63, 3.8) is 0 Å². The summed E-state index contributed by atoms with van der Waals surface area (Å²) >= 11 is 0. The number of ketones is 1. The lowest BCUT2D eigenvalue weighted by atomic mass is 9.90. The van der Waals surface area contributed by atoms with Crippen LogP contribution in [-0.4, -0.2) is 5.78 Å². The van der Waals surface area contributed by atoms with Gasteiger partial charge in [-0.2, -0.15) is 0 Å². The lowest BCUT2D eigenvalue weighted by Crippen LogP contribution is -1.99. The van der Waals surface area contributed by atoms with E-state index in [0.29, 0.717) is 5.78 Å². The van der Waals surface area contributed by atoms with Crippen LogP contribution >= 0.6 is 0 Å². The van der Waals surface area contributed by atoms with Crippen LogP contribution in [0.3, 0.4) is 0 Å². The summed E-state index contributed by atoms with van der Waals surface area (Å²) in [5.41, 5.74) is 5.16. The minimum atomic E-state index is 0.0744. The van der Waals surface area contributed by atoms with E-state index >= 15 is 0 Å². The first-order valence-corrected chi connectivity index (χ1v) is 9.65. The number of fused-ring (bicyclic) bond motifs is 2. The van der Waals surface area contributed by atoms with Crippen molar-refractivity contribution in [2.24, 2.45) is 5.92 Å². The molecule has 4 aromatic carbocycles. The van der Waals surface area contributed by atoms with Gasteiger partial charge in [0.1, 0.15) is 5.78 Å². The van der Waals surface area contributed by atoms with Crippen molar-refractivity contribution >= 4 is 27.3 Å². The van der Waals surface area contributed by atoms with E-state index in [2.05, 4.69) is 79.7 Å². The predicted octanol–water partition coefficient (Wildman–Crippen LogP) is 6.19. The molecule has 5 rings (SSSR count). The average Bonchev–Trinajstić information content (AvgIpc) is 3.27. The third-order valence-corrected chi connectivity index (χ3v) is 6.07. The molecule has 27 heavy (non-hydrogen) atoms. The molecule has 2 unspecified atom stereocenters. The highest BCUT2D eigenvalue weighted by atomic mass is 16.1. The zero-order valence-electron chi connectivity index (χ0n) is 15.7. The molecule has 0 saturated heterocycles. The topological polar surface area (TPSA) is 17.1 Å². The lowest BCUT2D eigenvalue weighted by Gasteiger charge is -2.14. The number of hydrogen-bond acceptors (Lipinski definition) is 1. The van der Waals surface area contributed by atoms with Gasteiger partial charge in [0.25, 0.3) is 0 Å². The van der Waals surface area contributed by atoms with Gasteiger partial charge in [-0.25, -0.2) is 0 Å². The third-order valence-electron chi connectivity index (χ3n) is 6.07.